The first-order valence-corrected chi connectivity index (χ1v) is 10.1. The average Bonchev–Trinajstić information content (AvgIpc) is 2.68. The fourth-order valence-corrected chi connectivity index (χ4v) is 3.21. The molecule has 0 aliphatic heterocycles. The van der Waals surface area contributed by atoms with Crippen molar-refractivity contribution >= 4 is 23.2 Å². The van der Waals surface area contributed by atoms with Gasteiger partial charge >= 0.3 is 0 Å². The van der Waals surface area contributed by atoms with Gasteiger partial charge in [0.1, 0.15) is 5.75 Å². The second-order valence-electron chi connectivity index (χ2n) is 7.40. The van der Waals surface area contributed by atoms with Crippen LogP contribution >= 0.6 is 0 Å². The first-order valence-electron chi connectivity index (χ1n) is 10.1. The molecule has 1 aromatic heterocycles. The number of hydrogen-bond donors (Lipinski definition) is 2. The average molecular weight is 405 g/mol. The number of carbonyl (C=O) groups excluding carboxylic acids is 1. The topological polar surface area (TPSA) is 76.1 Å². The molecule has 1 amide bonds. The number of aromatic nitrogens is 2. The van der Waals surface area contributed by atoms with Crippen LogP contribution in [0.2, 0.25) is 0 Å². The minimum absolute atomic E-state index is 0.0292. The van der Waals surface area contributed by atoms with Crippen LogP contribution in [0.15, 0.2) is 48.5 Å². The van der Waals surface area contributed by atoms with Gasteiger partial charge in [0.25, 0.3) is 0 Å². The van der Waals surface area contributed by atoms with Crippen LogP contribution in [0.3, 0.4) is 0 Å². The minimum Gasteiger partial charge on any atom is -0.493 e. The number of para-hydroxylation sites is 1. The molecule has 30 heavy (non-hydrogen) atoms. The standard InChI is InChI=1S/C24H28N4O2/c1-16-7-5-8-17(2)23(16)30-14-6-9-22(29)27-20-10-12-21(13-11-20)28-24-25-18(3)15-19(4)26-24/h5,7-8,10-13,15H,6,9,14H2,1-4H3,(H,27,29)(H,25,26,28). The molecule has 3 rings (SSSR count). The summed E-state index contributed by atoms with van der Waals surface area (Å²) in [7, 11) is 0. The van der Waals surface area contributed by atoms with E-state index < -0.39 is 0 Å². The molecule has 0 aliphatic rings. The molecule has 3 aromatic rings. The Balaban J connectivity index is 1.45. The predicted molar refractivity (Wildman–Crippen MR) is 121 cm³/mol. The van der Waals surface area contributed by atoms with E-state index in [1.54, 1.807) is 0 Å². The van der Waals surface area contributed by atoms with Crippen molar-refractivity contribution < 1.29 is 9.53 Å². The van der Waals surface area contributed by atoms with E-state index in [1.165, 1.54) is 0 Å². The van der Waals surface area contributed by atoms with Crippen LogP contribution < -0.4 is 15.4 Å². The van der Waals surface area contributed by atoms with Crippen molar-refractivity contribution in [3.8, 4) is 5.75 Å². The number of ether oxygens (including phenoxy) is 1. The Morgan fingerprint density at radius 2 is 1.50 bits per heavy atom. The number of nitrogens with zero attached hydrogens (tertiary/aromatic N) is 2. The Morgan fingerprint density at radius 1 is 0.900 bits per heavy atom. The number of nitrogens with one attached hydrogen (secondary N) is 2. The van der Waals surface area contributed by atoms with E-state index >= 15 is 0 Å². The van der Waals surface area contributed by atoms with E-state index in [4.69, 9.17) is 4.74 Å². The highest BCUT2D eigenvalue weighted by atomic mass is 16.5. The van der Waals surface area contributed by atoms with Crippen molar-refractivity contribution in [1.29, 1.82) is 0 Å². The molecule has 0 radical (unpaired) electrons. The normalized spacial score (nSPS) is 10.5. The van der Waals surface area contributed by atoms with E-state index in [9.17, 15) is 4.79 Å². The molecule has 0 saturated carbocycles. The van der Waals surface area contributed by atoms with Gasteiger partial charge in [-0.05, 0) is 75.6 Å². The van der Waals surface area contributed by atoms with Crippen molar-refractivity contribution in [3.05, 3.63) is 71.0 Å². The molecule has 0 unspecified atom stereocenters. The fourth-order valence-electron chi connectivity index (χ4n) is 3.21. The third-order valence-electron chi connectivity index (χ3n) is 4.61. The monoisotopic (exact) mass is 404 g/mol. The number of aryl methyl sites for hydroxylation is 4. The van der Waals surface area contributed by atoms with E-state index in [0.29, 0.717) is 25.4 Å². The highest BCUT2D eigenvalue weighted by Crippen LogP contribution is 2.22. The number of amides is 1. The zero-order chi connectivity index (χ0) is 21.5. The van der Waals surface area contributed by atoms with Crippen LogP contribution in [0.4, 0.5) is 17.3 Å². The Kier molecular flexibility index (Phi) is 7.01. The molecule has 0 saturated heterocycles. The number of anilines is 3. The van der Waals surface area contributed by atoms with Crippen molar-refractivity contribution in [2.24, 2.45) is 0 Å². The number of benzene rings is 2. The summed E-state index contributed by atoms with van der Waals surface area (Å²) in [5, 5.41) is 6.10. The van der Waals surface area contributed by atoms with Gasteiger partial charge in [-0.3, -0.25) is 4.79 Å². The maximum Gasteiger partial charge on any atom is 0.227 e. The second-order valence-corrected chi connectivity index (χ2v) is 7.40. The SMILES string of the molecule is Cc1cc(C)nc(Nc2ccc(NC(=O)CCCOc3c(C)cccc3C)cc2)n1. The van der Waals surface area contributed by atoms with Crippen molar-refractivity contribution in [2.45, 2.75) is 40.5 Å². The summed E-state index contributed by atoms with van der Waals surface area (Å²) >= 11 is 0. The first-order chi connectivity index (χ1) is 14.4. The van der Waals surface area contributed by atoms with E-state index in [0.717, 1.165) is 39.6 Å². The van der Waals surface area contributed by atoms with Gasteiger partial charge in [0, 0.05) is 29.2 Å². The maximum absolute atomic E-state index is 12.2. The Morgan fingerprint density at radius 3 is 2.13 bits per heavy atom. The van der Waals surface area contributed by atoms with Crippen LogP contribution in [0.5, 0.6) is 5.75 Å². The third-order valence-corrected chi connectivity index (χ3v) is 4.61. The van der Waals surface area contributed by atoms with E-state index in [1.807, 2.05) is 76.2 Å². The molecule has 6 nitrogen and oxygen atoms in total. The quantitative estimate of drug-likeness (QED) is 0.501. The molecule has 2 aromatic carbocycles. The zero-order valence-electron chi connectivity index (χ0n) is 18.0. The Hall–Kier alpha value is -3.41. The van der Waals surface area contributed by atoms with Crippen LogP contribution in [0.25, 0.3) is 0 Å². The molecule has 1 heterocycles. The number of hydrogen-bond acceptors (Lipinski definition) is 5. The lowest BCUT2D eigenvalue weighted by Crippen LogP contribution is -2.13. The summed E-state index contributed by atoms with van der Waals surface area (Å²) in [6.45, 7) is 8.44. The number of rotatable bonds is 8. The lowest BCUT2D eigenvalue weighted by Gasteiger charge is -2.12. The molecular weight excluding hydrogens is 376 g/mol. The first kappa shape index (κ1) is 21.3. The second kappa shape index (κ2) is 9.87. The van der Waals surface area contributed by atoms with Gasteiger partial charge in [0.2, 0.25) is 11.9 Å². The van der Waals surface area contributed by atoms with Gasteiger partial charge in [-0.15, -0.1) is 0 Å². The highest BCUT2D eigenvalue weighted by Gasteiger charge is 2.06. The van der Waals surface area contributed by atoms with Crippen LogP contribution in [-0.4, -0.2) is 22.5 Å². The maximum atomic E-state index is 12.2. The molecule has 2 N–H and O–H groups in total. The van der Waals surface area contributed by atoms with Gasteiger partial charge in [0.15, 0.2) is 0 Å². The molecule has 156 valence electrons. The Bertz CT molecular complexity index is 976. The fraction of sp³-hybridized carbons (Fsp3) is 0.292. The van der Waals surface area contributed by atoms with Crippen LogP contribution in [0.1, 0.15) is 35.4 Å². The number of carbonyl (C=O) groups is 1. The summed E-state index contributed by atoms with van der Waals surface area (Å²) in [6, 6.07) is 15.5. The Labute approximate surface area is 177 Å². The minimum atomic E-state index is -0.0292. The van der Waals surface area contributed by atoms with Crippen LogP contribution in [0, 0.1) is 27.7 Å². The summed E-state index contributed by atoms with van der Waals surface area (Å²) in [6.07, 6.45) is 1.06. The van der Waals surface area contributed by atoms with Gasteiger partial charge in [0.05, 0.1) is 6.61 Å². The van der Waals surface area contributed by atoms with Gasteiger partial charge in [-0.2, -0.15) is 0 Å². The van der Waals surface area contributed by atoms with Crippen molar-refractivity contribution in [1.82, 2.24) is 9.97 Å². The summed E-state index contributed by atoms with van der Waals surface area (Å²) < 4.78 is 5.86. The molecular formula is C24H28N4O2. The van der Waals surface area contributed by atoms with E-state index in [-0.39, 0.29) is 5.91 Å². The third kappa shape index (κ3) is 6.04. The van der Waals surface area contributed by atoms with E-state index in [2.05, 4.69) is 20.6 Å². The lowest BCUT2D eigenvalue weighted by atomic mass is 10.1. The molecule has 6 heteroatoms. The molecule has 0 aliphatic carbocycles. The highest BCUT2D eigenvalue weighted by molar-refractivity contribution is 5.90. The van der Waals surface area contributed by atoms with Gasteiger partial charge in [-0.1, -0.05) is 18.2 Å². The lowest BCUT2D eigenvalue weighted by molar-refractivity contribution is -0.116. The zero-order valence-corrected chi connectivity index (χ0v) is 18.0. The summed E-state index contributed by atoms with van der Waals surface area (Å²) in [5.74, 6) is 1.44. The van der Waals surface area contributed by atoms with Crippen molar-refractivity contribution in [2.75, 3.05) is 17.2 Å². The predicted octanol–water partition coefficient (Wildman–Crippen LogP) is 5.25. The largest absolute Gasteiger partial charge is 0.493 e. The van der Waals surface area contributed by atoms with Gasteiger partial charge < -0.3 is 15.4 Å². The molecule has 0 atom stereocenters. The molecule has 0 spiro atoms. The summed E-state index contributed by atoms with van der Waals surface area (Å²) in [5.41, 5.74) is 5.66. The van der Waals surface area contributed by atoms with Gasteiger partial charge in [-0.25, -0.2) is 9.97 Å². The molecule has 0 bridgehead atoms. The molecule has 0 fully saturated rings. The summed E-state index contributed by atoms with van der Waals surface area (Å²) in [4.78, 5) is 20.9. The van der Waals surface area contributed by atoms with Crippen LogP contribution in [-0.2, 0) is 4.79 Å². The smallest absolute Gasteiger partial charge is 0.227 e. The van der Waals surface area contributed by atoms with Crippen molar-refractivity contribution in [3.63, 3.8) is 0 Å².